The summed E-state index contributed by atoms with van der Waals surface area (Å²) in [7, 11) is 0. The zero-order valence-corrected chi connectivity index (χ0v) is 11.5. The predicted octanol–water partition coefficient (Wildman–Crippen LogP) is 4.24. The van der Waals surface area contributed by atoms with Crippen molar-refractivity contribution in [3.05, 3.63) is 65.0 Å². The fourth-order valence-corrected chi connectivity index (χ4v) is 2.74. The number of hydrogen-bond acceptors (Lipinski definition) is 1. The molecule has 1 nitrogen and oxygen atoms in total. The van der Waals surface area contributed by atoms with Crippen molar-refractivity contribution in [2.45, 2.75) is 18.4 Å². The molecule has 0 aliphatic carbocycles. The molecule has 2 aromatic carbocycles. The SMILES string of the molecule is Fc1cc(CBr)ccc1N1Cc2ccccc2C1. The van der Waals surface area contributed by atoms with Gasteiger partial charge >= 0.3 is 0 Å². The summed E-state index contributed by atoms with van der Waals surface area (Å²) >= 11 is 3.34. The predicted molar refractivity (Wildman–Crippen MR) is 75.4 cm³/mol. The van der Waals surface area contributed by atoms with Gasteiger partial charge in [0.1, 0.15) is 5.82 Å². The summed E-state index contributed by atoms with van der Waals surface area (Å²) < 4.78 is 14.0. The van der Waals surface area contributed by atoms with Gasteiger partial charge in [0.05, 0.1) is 5.69 Å². The first-order valence-electron chi connectivity index (χ1n) is 5.94. The summed E-state index contributed by atoms with van der Waals surface area (Å²) in [5.41, 5.74) is 4.24. The number of benzene rings is 2. The summed E-state index contributed by atoms with van der Waals surface area (Å²) in [6, 6.07) is 13.7. The Morgan fingerprint density at radius 3 is 2.28 bits per heavy atom. The van der Waals surface area contributed by atoms with Crippen LogP contribution in [0.4, 0.5) is 10.1 Å². The minimum Gasteiger partial charge on any atom is -0.360 e. The molecule has 0 atom stereocenters. The molecule has 0 saturated carbocycles. The van der Waals surface area contributed by atoms with E-state index in [2.05, 4.69) is 33.0 Å². The minimum absolute atomic E-state index is 0.139. The average Bonchev–Trinajstić information content (AvgIpc) is 2.81. The van der Waals surface area contributed by atoms with Crippen LogP contribution in [0.25, 0.3) is 0 Å². The highest BCUT2D eigenvalue weighted by molar-refractivity contribution is 9.08. The fraction of sp³-hybridized carbons (Fsp3) is 0.200. The Labute approximate surface area is 114 Å². The van der Waals surface area contributed by atoms with Crippen LogP contribution >= 0.6 is 15.9 Å². The molecule has 0 unspecified atom stereocenters. The van der Waals surface area contributed by atoms with E-state index in [1.54, 1.807) is 6.07 Å². The van der Waals surface area contributed by atoms with E-state index in [9.17, 15) is 4.39 Å². The molecule has 0 spiro atoms. The highest BCUT2D eigenvalue weighted by Gasteiger charge is 2.20. The Balaban J connectivity index is 1.90. The van der Waals surface area contributed by atoms with E-state index in [0.29, 0.717) is 11.0 Å². The molecule has 0 radical (unpaired) electrons. The molecule has 3 rings (SSSR count). The Kier molecular flexibility index (Phi) is 3.08. The van der Waals surface area contributed by atoms with E-state index in [1.165, 1.54) is 11.1 Å². The maximum Gasteiger partial charge on any atom is 0.146 e. The monoisotopic (exact) mass is 305 g/mol. The van der Waals surface area contributed by atoms with E-state index in [0.717, 1.165) is 18.7 Å². The van der Waals surface area contributed by atoms with Crippen LogP contribution in [0.2, 0.25) is 0 Å². The number of rotatable bonds is 2. The van der Waals surface area contributed by atoms with Gasteiger partial charge in [0.2, 0.25) is 0 Å². The lowest BCUT2D eigenvalue weighted by Crippen LogP contribution is -2.16. The van der Waals surface area contributed by atoms with Crippen LogP contribution in [0.1, 0.15) is 16.7 Å². The van der Waals surface area contributed by atoms with Crippen molar-refractivity contribution >= 4 is 21.6 Å². The van der Waals surface area contributed by atoms with Crippen LogP contribution < -0.4 is 4.90 Å². The van der Waals surface area contributed by atoms with E-state index >= 15 is 0 Å². The first-order chi connectivity index (χ1) is 8.78. The van der Waals surface area contributed by atoms with Gasteiger partial charge in [0.25, 0.3) is 0 Å². The third-order valence-electron chi connectivity index (χ3n) is 3.35. The number of halogens is 2. The molecule has 0 bridgehead atoms. The lowest BCUT2D eigenvalue weighted by atomic mass is 10.1. The lowest BCUT2D eigenvalue weighted by Gasteiger charge is -2.18. The van der Waals surface area contributed by atoms with Gasteiger partial charge in [-0.05, 0) is 28.8 Å². The van der Waals surface area contributed by atoms with Crippen molar-refractivity contribution in [1.29, 1.82) is 0 Å². The van der Waals surface area contributed by atoms with E-state index < -0.39 is 0 Å². The normalized spacial score (nSPS) is 13.8. The summed E-state index contributed by atoms with van der Waals surface area (Å²) in [6.07, 6.45) is 0. The van der Waals surface area contributed by atoms with Crippen LogP contribution in [0.15, 0.2) is 42.5 Å². The van der Waals surface area contributed by atoms with Gasteiger partial charge in [-0.2, -0.15) is 0 Å². The summed E-state index contributed by atoms with van der Waals surface area (Å²) in [5, 5.41) is 0.685. The smallest absolute Gasteiger partial charge is 0.146 e. The van der Waals surface area contributed by atoms with Gasteiger partial charge in [0, 0.05) is 18.4 Å². The third kappa shape index (κ3) is 2.03. The van der Waals surface area contributed by atoms with Gasteiger partial charge in [-0.15, -0.1) is 0 Å². The summed E-state index contributed by atoms with van der Waals surface area (Å²) in [6.45, 7) is 1.58. The topological polar surface area (TPSA) is 3.24 Å². The molecule has 0 amide bonds. The molecule has 1 heterocycles. The van der Waals surface area contributed by atoms with Crippen molar-refractivity contribution in [3.63, 3.8) is 0 Å². The number of anilines is 1. The first-order valence-corrected chi connectivity index (χ1v) is 7.06. The van der Waals surface area contributed by atoms with Crippen molar-refractivity contribution in [1.82, 2.24) is 0 Å². The van der Waals surface area contributed by atoms with Gasteiger partial charge in [0.15, 0.2) is 0 Å². The molecule has 1 aliphatic heterocycles. The molecule has 0 saturated heterocycles. The zero-order chi connectivity index (χ0) is 12.5. The molecule has 1 aliphatic rings. The Morgan fingerprint density at radius 1 is 1.06 bits per heavy atom. The van der Waals surface area contributed by atoms with Crippen molar-refractivity contribution in [2.75, 3.05) is 4.90 Å². The highest BCUT2D eigenvalue weighted by Crippen LogP contribution is 2.30. The summed E-state index contributed by atoms with van der Waals surface area (Å²) in [4.78, 5) is 2.08. The molecule has 2 aromatic rings. The number of hydrogen-bond donors (Lipinski definition) is 0. The first kappa shape index (κ1) is 11.7. The molecule has 3 heteroatoms. The lowest BCUT2D eigenvalue weighted by molar-refractivity contribution is 0.618. The van der Waals surface area contributed by atoms with E-state index in [-0.39, 0.29) is 5.82 Å². The minimum atomic E-state index is -0.139. The largest absolute Gasteiger partial charge is 0.360 e. The molecule has 0 fully saturated rings. The van der Waals surface area contributed by atoms with Gasteiger partial charge in [-0.25, -0.2) is 4.39 Å². The Hall–Kier alpha value is -1.35. The summed E-state index contributed by atoms with van der Waals surface area (Å²) in [5.74, 6) is -0.139. The van der Waals surface area contributed by atoms with Gasteiger partial charge < -0.3 is 4.90 Å². The molecule has 92 valence electrons. The van der Waals surface area contributed by atoms with Crippen LogP contribution in [0.5, 0.6) is 0 Å². The van der Waals surface area contributed by atoms with Crippen molar-refractivity contribution in [2.24, 2.45) is 0 Å². The molecule has 0 N–H and O–H groups in total. The third-order valence-corrected chi connectivity index (χ3v) is 4.00. The van der Waals surface area contributed by atoms with Gasteiger partial charge in [-0.1, -0.05) is 46.3 Å². The van der Waals surface area contributed by atoms with Crippen LogP contribution in [-0.2, 0) is 18.4 Å². The van der Waals surface area contributed by atoms with Crippen LogP contribution in [0.3, 0.4) is 0 Å². The second-order valence-electron chi connectivity index (χ2n) is 4.54. The van der Waals surface area contributed by atoms with Crippen molar-refractivity contribution < 1.29 is 4.39 Å². The Bertz CT molecular complexity index is 557. The van der Waals surface area contributed by atoms with Gasteiger partial charge in [-0.3, -0.25) is 0 Å². The fourth-order valence-electron chi connectivity index (χ4n) is 2.39. The molecular formula is C15H13BrFN. The standard InChI is InChI=1S/C15H13BrFN/c16-8-11-5-6-15(14(17)7-11)18-9-12-3-1-2-4-13(12)10-18/h1-7H,8-10H2. The molecule has 0 aromatic heterocycles. The number of alkyl halides is 1. The highest BCUT2D eigenvalue weighted by atomic mass is 79.9. The second kappa shape index (κ2) is 4.73. The quantitative estimate of drug-likeness (QED) is 0.750. The van der Waals surface area contributed by atoms with Crippen LogP contribution in [0, 0.1) is 5.82 Å². The number of fused-ring (bicyclic) bond motifs is 1. The zero-order valence-electron chi connectivity index (χ0n) is 9.87. The van der Waals surface area contributed by atoms with E-state index in [1.807, 2.05) is 24.3 Å². The van der Waals surface area contributed by atoms with Crippen molar-refractivity contribution in [3.8, 4) is 0 Å². The van der Waals surface area contributed by atoms with Crippen LogP contribution in [-0.4, -0.2) is 0 Å². The maximum atomic E-state index is 14.0. The Morgan fingerprint density at radius 2 is 1.72 bits per heavy atom. The molecule has 18 heavy (non-hydrogen) atoms. The average molecular weight is 306 g/mol. The van der Waals surface area contributed by atoms with E-state index in [4.69, 9.17) is 0 Å². The molecular weight excluding hydrogens is 293 g/mol. The second-order valence-corrected chi connectivity index (χ2v) is 5.10. The maximum absolute atomic E-state index is 14.0. The number of nitrogens with zero attached hydrogens (tertiary/aromatic N) is 1.